The maximum Gasteiger partial charge on any atom is 0.0650 e. The highest BCUT2D eigenvalue weighted by atomic mass is 15.1. The first-order chi connectivity index (χ1) is 8.40. The molecule has 3 heteroatoms. The number of hydrogen-bond donors (Lipinski definition) is 2. The van der Waals surface area contributed by atoms with Crippen LogP contribution in [-0.4, -0.2) is 23.3 Å². The Hall–Kier alpha value is -1.35. The Labute approximate surface area is 101 Å². The Morgan fingerprint density at radius 3 is 2.76 bits per heavy atom. The maximum atomic E-state index is 4.09. The summed E-state index contributed by atoms with van der Waals surface area (Å²) < 4.78 is 0. The summed E-state index contributed by atoms with van der Waals surface area (Å²) in [6.45, 7) is 2.46. The van der Waals surface area contributed by atoms with Crippen molar-refractivity contribution in [1.82, 2.24) is 15.5 Å². The number of benzene rings is 1. The first kappa shape index (κ1) is 9.66. The fourth-order valence-corrected chi connectivity index (χ4v) is 3.65. The number of fused-ring (bicyclic) bond motifs is 2. The fourth-order valence-electron chi connectivity index (χ4n) is 3.65. The van der Waals surface area contributed by atoms with E-state index in [1.165, 1.54) is 36.9 Å². The van der Waals surface area contributed by atoms with Gasteiger partial charge in [-0.3, -0.25) is 5.10 Å². The second kappa shape index (κ2) is 3.57. The molecule has 2 aromatic rings. The van der Waals surface area contributed by atoms with E-state index in [-0.39, 0.29) is 0 Å². The van der Waals surface area contributed by atoms with Gasteiger partial charge in [0.1, 0.15) is 0 Å². The SMILES string of the molecule is c1cc2[nH]ncc2cc1C1CC2CNCC2C1. The predicted molar refractivity (Wildman–Crippen MR) is 67.9 cm³/mol. The lowest BCUT2D eigenvalue weighted by molar-refractivity contribution is 0.494. The van der Waals surface area contributed by atoms with Crippen LogP contribution in [0.4, 0.5) is 0 Å². The van der Waals surface area contributed by atoms with Gasteiger partial charge in [-0.2, -0.15) is 5.10 Å². The van der Waals surface area contributed by atoms with E-state index in [0.29, 0.717) is 0 Å². The molecule has 2 fully saturated rings. The van der Waals surface area contributed by atoms with Crippen LogP contribution in [-0.2, 0) is 0 Å². The van der Waals surface area contributed by atoms with E-state index in [4.69, 9.17) is 0 Å². The summed E-state index contributed by atoms with van der Waals surface area (Å²) in [5.41, 5.74) is 2.65. The number of aromatic amines is 1. The Balaban J connectivity index is 1.66. The average Bonchev–Trinajstić information content (AvgIpc) is 3.02. The lowest BCUT2D eigenvalue weighted by Gasteiger charge is -2.11. The Morgan fingerprint density at radius 1 is 1.12 bits per heavy atom. The summed E-state index contributed by atoms with van der Waals surface area (Å²) in [6.07, 6.45) is 4.65. The molecule has 0 bridgehead atoms. The van der Waals surface area contributed by atoms with Crippen LogP contribution in [0.25, 0.3) is 10.9 Å². The van der Waals surface area contributed by atoms with Crippen LogP contribution in [0.3, 0.4) is 0 Å². The van der Waals surface area contributed by atoms with Crippen molar-refractivity contribution in [3.05, 3.63) is 30.0 Å². The first-order valence-electron chi connectivity index (χ1n) is 6.54. The lowest BCUT2D eigenvalue weighted by Crippen LogP contribution is -2.11. The lowest BCUT2D eigenvalue weighted by atomic mass is 9.95. The molecule has 0 radical (unpaired) electrons. The van der Waals surface area contributed by atoms with Crippen LogP contribution in [0, 0.1) is 11.8 Å². The molecule has 1 saturated carbocycles. The molecule has 2 atom stereocenters. The van der Waals surface area contributed by atoms with Crippen LogP contribution < -0.4 is 5.32 Å². The van der Waals surface area contributed by atoms with Gasteiger partial charge in [0.15, 0.2) is 0 Å². The molecule has 1 aromatic carbocycles. The minimum atomic E-state index is 0.770. The zero-order chi connectivity index (χ0) is 11.2. The second-order valence-corrected chi connectivity index (χ2v) is 5.56. The molecule has 88 valence electrons. The van der Waals surface area contributed by atoms with Crippen molar-refractivity contribution >= 4 is 10.9 Å². The van der Waals surface area contributed by atoms with Gasteiger partial charge >= 0.3 is 0 Å². The van der Waals surface area contributed by atoms with Gasteiger partial charge in [0.2, 0.25) is 0 Å². The number of nitrogens with zero attached hydrogens (tertiary/aromatic N) is 1. The van der Waals surface area contributed by atoms with Crippen molar-refractivity contribution in [3.8, 4) is 0 Å². The molecular weight excluding hydrogens is 210 g/mol. The van der Waals surface area contributed by atoms with Crippen molar-refractivity contribution in [3.63, 3.8) is 0 Å². The molecular formula is C14H17N3. The maximum absolute atomic E-state index is 4.09. The van der Waals surface area contributed by atoms with Gasteiger partial charge in [-0.25, -0.2) is 0 Å². The predicted octanol–water partition coefficient (Wildman–Crippen LogP) is 2.28. The zero-order valence-electron chi connectivity index (χ0n) is 9.82. The van der Waals surface area contributed by atoms with Crippen LogP contribution in [0.2, 0.25) is 0 Å². The molecule has 1 saturated heterocycles. The molecule has 2 heterocycles. The van der Waals surface area contributed by atoms with E-state index >= 15 is 0 Å². The normalized spacial score (nSPS) is 32.1. The largest absolute Gasteiger partial charge is 0.316 e. The van der Waals surface area contributed by atoms with E-state index in [2.05, 4.69) is 33.7 Å². The minimum Gasteiger partial charge on any atom is -0.316 e. The number of rotatable bonds is 1. The third kappa shape index (κ3) is 1.49. The molecule has 0 amide bonds. The van der Waals surface area contributed by atoms with E-state index in [9.17, 15) is 0 Å². The first-order valence-corrected chi connectivity index (χ1v) is 6.54. The fraction of sp³-hybridized carbons (Fsp3) is 0.500. The Bertz CT molecular complexity index is 533. The smallest absolute Gasteiger partial charge is 0.0650 e. The summed E-state index contributed by atoms with van der Waals surface area (Å²) in [6, 6.07) is 6.77. The Kier molecular flexibility index (Phi) is 2.03. The third-order valence-corrected chi connectivity index (χ3v) is 4.59. The number of nitrogens with one attached hydrogen (secondary N) is 2. The summed E-state index contributed by atoms with van der Waals surface area (Å²) >= 11 is 0. The summed E-state index contributed by atoms with van der Waals surface area (Å²) in [7, 11) is 0. The third-order valence-electron chi connectivity index (χ3n) is 4.59. The van der Waals surface area contributed by atoms with Gasteiger partial charge in [0.25, 0.3) is 0 Å². The van der Waals surface area contributed by atoms with E-state index in [1.54, 1.807) is 0 Å². The molecule has 2 unspecified atom stereocenters. The quantitative estimate of drug-likeness (QED) is 0.784. The minimum absolute atomic E-state index is 0.770. The van der Waals surface area contributed by atoms with E-state index < -0.39 is 0 Å². The highest BCUT2D eigenvalue weighted by Gasteiger charge is 2.37. The standard InChI is InChI=1S/C14H17N3/c1-2-14-13(8-16-17-14)3-9(1)10-4-11-6-15-7-12(11)5-10/h1-3,8,10-12,15H,4-7H2,(H,16,17). The van der Waals surface area contributed by atoms with Crippen LogP contribution in [0.1, 0.15) is 24.3 Å². The van der Waals surface area contributed by atoms with Crippen molar-refractivity contribution in [2.45, 2.75) is 18.8 Å². The molecule has 17 heavy (non-hydrogen) atoms. The van der Waals surface area contributed by atoms with E-state index in [1.807, 2.05) is 6.20 Å². The second-order valence-electron chi connectivity index (χ2n) is 5.56. The molecule has 0 spiro atoms. The molecule has 1 aromatic heterocycles. The van der Waals surface area contributed by atoms with Gasteiger partial charge in [0.05, 0.1) is 11.7 Å². The van der Waals surface area contributed by atoms with Crippen LogP contribution >= 0.6 is 0 Å². The van der Waals surface area contributed by atoms with Crippen molar-refractivity contribution < 1.29 is 0 Å². The highest BCUT2D eigenvalue weighted by molar-refractivity contribution is 5.78. The topological polar surface area (TPSA) is 40.7 Å². The van der Waals surface area contributed by atoms with Gasteiger partial charge in [-0.05, 0) is 61.4 Å². The van der Waals surface area contributed by atoms with Crippen LogP contribution in [0.15, 0.2) is 24.4 Å². The molecule has 4 rings (SSSR count). The molecule has 1 aliphatic heterocycles. The van der Waals surface area contributed by atoms with Crippen molar-refractivity contribution in [1.29, 1.82) is 0 Å². The number of H-pyrrole nitrogens is 1. The van der Waals surface area contributed by atoms with Crippen molar-refractivity contribution in [2.75, 3.05) is 13.1 Å². The molecule has 2 aliphatic rings. The van der Waals surface area contributed by atoms with Crippen molar-refractivity contribution in [2.24, 2.45) is 11.8 Å². The summed E-state index contributed by atoms with van der Waals surface area (Å²) in [4.78, 5) is 0. The summed E-state index contributed by atoms with van der Waals surface area (Å²) in [5, 5.41) is 11.9. The average molecular weight is 227 g/mol. The molecule has 2 N–H and O–H groups in total. The number of hydrogen-bond acceptors (Lipinski definition) is 2. The number of aromatic nitrogens is 2. The van der Waals surface area contributed by atoms with Gasteiger partial charge < -0.3 is 5.32 Å². The monoisotopic (exact) mass is 227 g/mol. The van der Waals surface area contributed by atoms with Gasteiger partial charge in [0, 0.05) is 5.39 Å². The zero-order valence-corrected chi connectivity index (χ0v) is 9.82. The van der Waals surface area contributed by atoms with E-state index in [0.717, 1.165) is 23.3 Å². The summed E-state index contributed by atoms with van der Waals surface area (Å²) in [5.74, 6) is 2.60. The van der Waals surface area contributed by atoms with Crippen LogP contribution in [0.5, 0.6) is 0 Å². The van der Waals surface area contributed by atoms with Gasteiger partial charge in [-0.15, -0.1) is 0 Å². The Morgan fingerprint density at radius 2 is 1.94 bits per heavy atom. The molecule has 1 aliphatic carbocycles. The highest BCUT2D eigenvalue weighted by Crippen LogP contribution is 2.44. The molecule has 3 nitrogen and oxygen atoms in total. The van der Waals surface area contributed by atoms with Gasteiger partial charge in [-0.1, -0.05) is 6.07 Å².